The summed E-state index contributed by atoms with van der Waals surface area (Å²) in [7, 11) is -4.89. The van der Waals surface area contributed by atoms with E-state index in [1.54, 1.807) is 10.9 Å². The Morgan fingerprint density at radius 3 is 2.38 bits per heavy atom. The van der Waals surface area contributed by atoms with Crippen LogP contribution in [0.5, 0.6) is 0 Å². The van der Waals surface area contributed by atoms with Gasteiger partial charge in [0.25, 0.3) is 7.82 Å². The molecule has 24 heavy (non-hydrogen) atoms. The van der Waals surface area contributed by atoms with Crippen LogP contribution in [0, 0.1) is 5.92 Å². The monoisotopic (exact) mass is 391 g/mol. The third kappa shape index (κ3) is 8.17. The summed E-state index contributed by atoms with van der Waals surface area (Å²) in [6, 6.07) is 0. The van der Waals surface area contributed by atoms with E-state index in [-0.39, 0.29) is 59.8 Å². The van der Waals surface area contributed by atoms with E-state index in [1.807, 2.05) is 0 Å². The molecule has 0 saturated carbocycles. The molecule has 0 aromatic carbocycles. The second kappa shape index (κ2) is 10.6. The SMILES string of the molecule is Nc1nc(Cl)c2ncn(CCC(CO)CO)c2n1.O=P([O-])(O)O.[Na+]. The maximum Gasteiger partial charge on any atom is 1.00 e. The summed E-state index contributed by atoms with van der Waals surface area (Å²) in [4.78, 5) is 34.9. The quantitative estimate of drug-likeness (QED) is 0.188. The van der Waals surface area contributed by atoms with Gasteiger partial charge in [-0.3, -0.25) is 4.57 Å². The Kier molecular flexibility index (Phi) is 10.5. The standard InChI is InChI=1S/C10H14ClN5O2.Na.H3O4P/c11-8-7-9(15-10(12)14-8)16(5-13-7)2-1-6(3-17)4-18;;1-5(2,3)4/h5-6,17-18H,1-4H2,(H2,12,14,15);;(H3,1,2,3,4)/q;+1;/p-1. The molecular weight excluding hydrogens is 376 g/mol. The fraction of sp³-hybridized carbons (Fsp3) is 0.500. The number of nitrogens with zero attached hydrogens (tertiary/aromatic N) is 4. The van der Waals surface area contributed by atoms with Crippen molar-refractivity contribution < 1.29 is 59.0 Å². The van der Waals surface area contributed by atoms with Gasteiger partial charge in [0.2, 0.25) is 5.95 Å². The molecule has 14 heteroatoms. The van der Waals surface area contributed by atoms with Crippen molar-refractivity contribution >= 4 is 36.5 Å². The fourth-order valence-corrected chi connectivity index (χ4v) is 1.87. The molecule has 0 bridgehead atoms. The van der Waals surface area contributed by atoms with Gasteiger partial charge in [0.05, 0.1) is 6.33 Å². The van der Waals surface area contributed by atoms with Crippen LogP contribution in [0.25, 0.3) is 11.2 Å². The minimum atomic E-state index is -4.89. The Labute approximate surface area is 164 Å². The number of aliphatic hydroxyl groups is 2. The average molecular weight is 392 g/mol. The first-order valence-electron chi connectivity index (χ1n) is 6.27. The molecule has 0 aliphatic heterocycles. The van der Waals surface area contributed by atoms with E-state index in [1.165, 1.54) is 0 Å². The molecule has 0 spiro atoms. The number of anilines is 1. The summed E-state index contributed by atoms with van der Waals surface area (Å²) >= 11 is 5.91. The van der Waals surface area contributed by atoms with E-state index in [2.05, 4.69) is 15.0 Å². The Bertz CT molecular complexity index is 685. The zero-order valence-electron chi connectivity index (χ0n) is 12.8. The van der Waals surface area contributed by atoms with Gasteiger partial charge >= 0.3 is 29.6 Å². The maximum atomic E-state index is 9.00. The van der Waals surface area contributed by atoms with Gasteiger partial charge in [0, 0.05) is 25.7 Å². The van der Waals surface area contributed by atoms with Gasteiger partial charge in [0.1, 0.15) is 5.52 Å². The molecule has 0 amide bonds. The van der Waals surface area contributed by atoms with E-state index in [4.69, 9.17) is 46.8 Å². The molecule has 2 heterocycles. The average Bonchev–Trinajstić information content (AvgIpc) is 2.81. The molecule has 2 aromatic rings. The fourth-order valence-electron chi connectivity index (χ4n) is 1.65. The summed E-state index contributed by atoms with van der Waals surface area (Å²) in [6.07, 6.45) is 2.20. The van der Waals surface area contributed by atoms with Crippen molar-refractivity contribution in [3.05, 3.63) is 11.5 Å². The van der Waals surface area contributed by atoms with Crippen molar-refractivity contribution in [2.24, 2.45) is 5.92 Å². The first kappa shape index (κ1) is 23.7. The van der Waals surface area contributed by atoms with Crippen molar-refractivity contribution in [1.82, 2.24) is 19.5 Å². The Hall–Kier alpha value is -0.330. The minimum absolute atomic E-state index is 0. The number of fused-ring (bicyclic) bond motifs is 1. The number of phosphoric acid groups is 1. The van der Waals surface area contributed by atoms with E-state index in [0.717, 1.165) is 0 Å². The van der Waals surface area contributed by atoms with Gasteiger partial charge in [-0.2, -0.15) is 9.97 Å². The van der Waals surface area contributed by atoms with Crippen LogP contribution in [0.1, 0.15) is 6.42 Å². The third-order valence-corrected chi connectivity index (χ3v) is 3.00. The molecule has 130 valence electrons. The van der Waals surface area contributed by atoms with E-state index < -0.39 is 7.82 Å². The van der Waals surface area contributed by atoms with Crippen molar-refractivity contribution in [3.63, 3.8) is 0 Å². The number of nitrogen functional groups attached to an aromatic ring is 1. The molecular formula is C10H16ClN5NaO6P. The minimum Gasteiger partial charge on any atom is -0.756 e. The number of halogens is 1. The zero-order chi connectivity index (χ0) is 17.6. The summed E-state index contributed by atoms with van der Waals surface area (Å²) in [5, 5.41) is 18.2. The second-order valence-corrected chi connectivity index (χ2v) is 5.83. The van der Waals surface area contributed by atoms with Crippen LogP contribution in [-0.4, -0.2) is 52.7 Å². The third-order valence-electron chi connectivity index (χ3n) is 2.73. The van der Waals surface area contributed by atoms with Crippen LogP contribution in [0.4, 0.5) is 5.95 Å². The number of rotatable bonds is 5. The van der Waals surface area contributed by atoms with Crippen LogP contribution >= 0.6 is 19.4 Å². The molecule has 2 rings (SSSR count). The summed E-state index contributed by atoms with van der Waals surface area (Å²) in [5.41, 5.74) is 6.59. The second-order valence-electron chi connectivity index (χ2n) is 4.49. The summed E-state index contributed by atoms with van der Waals surface area (Å²) < 4.78 is 10.5. The van der Waals surface area contributed by atoms with Crippen LogP contribution in [-0.2, 0) is 11.1 Å². The largest absolute Gasteiger partial charge is 1.00 e. The number of aromatic nitrogens is 4. The van der Waals surface area contributed by atoms with Gasteiger partial charge in [-0.25, -0.2) is 4.98 Å². The topological polar surface area (TPSA) is 191 Å². The van der Waals surface area contributed by atoms with Crippen molar-refractivity contribution in [1.29, 1.82) is 0 Å². The normalized spacial score (nSPS) is 11.1. The number of imidazole rings is 1. The van der Waals surface area contributed by atoms with Gasteiger partial charge in [-0.05, 0) is 6.42 Å². The molecule has 0 fully saturated rings. The molecule has 0 unspecified atom stereocenters. The number of aryl methyl sites for hydroxylation is 1. The van der Waals surface area contributed by atoms with Crippen LogP contribution < -0.4 is 40.2 Å². The predicted octanol–water partition coefficient (Wildman–Crippen LogP) is -4.50. The van der Waals surface area contributed by atoms with Gasteiger partial charge in [-0.1, -0.05) is 11.6 Å². The summed E-state index contributed by atoms with van der Waals surface area (Å²) in [5.74, 6) is -0.0628. The molecule has 6 N–H and O–H groups in total. The van der Waals surface area contributed by atoms with E-state index in [0.29, 0.717) is 24.1 Å². The smallest absolute Gasteiger partial charge is 0.756 e. The van der Waals surface area contributed by atoms with Gasteiger partial charge in [0.15, 0.2) is 10.8 Å². The summed E-state index contributed by atoms with van der Waals surface area (Å²) in [6.45, 7) is 0.455. The van der Waals surface area contributed by atoms with Crippen LogP contribution in [0.2, 0.25) is 5.15 Å². The molecule has 0 aliphatic carbocycles. The van der Waals surface area contributed by atoms with E-state index in [9.17, 15) is 0 Å². The molecule has 11 nitrogen and oxygen atoms in total. The Morgan fingerprint density at radius 2 is 1.88 bits per heavy atom. The number of hydrogen-bond acceptors (Lipinski definition) is 8. The molecule has 0 aliphatic rings. The Balaban J connectivity index is 0.000000777. The first-order chi connectivity index (χ1) is 10.7. The molecule has 0 atom stereocenters. The van der Waals surface area contributed by atoms with Crippen molar-refractivity contribution in [2.75, 3.05) is 18.9 Å². The van der Waals surface area contributed by atoms with Crippen LogP contribution in [0.15, 0.2) is 6.33 Å². The van der Waals surface area contributed by atoms with Gasteiger partial charge in [-0.15, -0.1) is 0 Å². The van der Waals surface area contributed by atoms with Crippen LogP contribution in [0.3, 0.4) is 0 Å². The predicted molar refractivity (Wildman–Crippen MR) is 79.1 cm³/mol. The van der Waals surface area contributed by atoms with E-state index >= 15 is 0 Å². The number of nitrogens with two attached hydrogens (primary N) is 1. The Morgan fingerprint density at radius 1 is 1.33 bits per heavy atom. The number of aliphatic hydroxyl groups excluding tert-OH is 2. The molecule has 0 saturated heterocycles. The van der Waals surface area contributed by atoms with Crippen molar-refractivity contribution in [2.45, 2.75) is 13.0 Å². The van der Waals surface area contributed by atoms with Gasteiger partial charge < -0.3 is 35.2 Å². The maximum absolute atomic E-state index is 9.00. The molecule has 0 radical (unpaired) electrons. The van der Waals surface area contributed by atoms with Crippen molar-refractivity contribution in [3.8, 4) is 0 Å². The zero-order valence-corrected chi connectivity index (χ0v) is 16.4. The molecule has 2 aromatic heterocycles. The first-order valence-corrected chi connectivity index (χ1v) is 8.18. The number of hydrogen-bond donors (Lipinski definition) is 5.